The molecule has 15 nitrogen and oxygen atoms in total. The van der Waals surface area contributed by atoms with Crippen LogP contribution in [0.1, 0.15) is 63.1 Å². The Hall–Kier alpha value is -6.29. The van der Waals surface area contributed by atoms with Crippen LogP contribution in [0.15, 0.2) is 54.9 Å². The molecule has 6 aliphatic rings. The Kier molecular flexibility index (Phi) is 10.2. The fourth-order valence-corrected chi connectivity index (χ4v) is 9.78. The number of benzene rings is 2. The van der Waals surface area contributed by atoms with E-state index in [1.165, 1.54) is 22.9 Å². The van der Waals surface area contributed by atoms with Gasteiger partial charge in [-0.15, -0.1) is 0 Å². The van der Waals surface area contributed by atoms with Crippen LogP contribution in [0.3, 0.4) is 0 Å². The van der Waals surface area contributed by atoms with Crippen LogP contribution in [-0.4, -0.2) is 115 Å². The summed E-state index contributed by atoms with van der Waals surface area (Å²) < 4.78 is 21.2. The number of anilines is 6. The van der Waals surface area contributed by atoms with Gasteiger partial charge in [-0.05, 0) is 92.1 Å². The summed E-state index contributed by atoms with van der Waals surface area (Å²) in [4.78, 5) is 70.0. The van der Waals surface area contributed by atoms with E-state index in [2.05, 4.69) is 72.9 Å². The first-order valence-electron chi connectivity index (χ1n) is 21.4. The lowest BCUT2D eigenvalue weighted by Gasteiger charge is -2.40. The summed E-state index contributed by atoms with van der Waals surface area (Å²) in [6.07, 6.45) is 7.11. The highest BCUT2D eigenvalue weighted by atomic mass is 19.1. The lowest BCUT2D eigenvalue weighted by atomic mass is 9.95. The number of hydrogen-bond donors (Lipinski definition) is 3. The zero-order chi connectivity index (χ0) is 41.8. The van der Waals surface area contributed by atoms with Crippen molar-refractivity contribution >= 4 is 57.9 Å². The van der Waals surface area contributed by atoms with E-state index in [1.54, 1.807) is 0 Å². The van der Waals surface area contributed by atoms with E-state index in [9.17, 15) is 19.2 Å². The van der Waals surface area contributed by atoms with Crippen molar-refractivity contribution < 1.29 is 28.3 Å². The largest absolute Gasteiger partial charge is 0.474 e. The maximum atomic E-state index is 15.5. The molecule has 4 amide bonds. The van der Waals surface area contributed by atoms with Crippen LogP contribution in [0.2, 0.25) is 0 Å². The molecule has 16 heteroatoms. The van der Waals surface area contributed by atoms with E-state index >= 15 is 4.39 Å². The van der Waals surface area contributed by atoms with E-state index in [1.807, 2.05) is 17.3 Å². The molecule has 1 atom stereocenters. The van der Waals surface area contributed by atoms with Crippen molar-refractivity contribution in [3.63, 3.8) is 0 Å². The van der Waals surface area contributed by atoms with Crippen molar-refractivity contribution in [2.75, 3.05) is 90.8 Å². The summed E-state index contributed by atoms with van der Waals surface area (Å²) in [5.74, 6) is -0.965. The van der Waals surface area contributed by atoms with Gasteiger partial charge >= 0.3 is 0 Å². The number of rotatable bonds is 8. The van der Waals surface area contributed by atoms with E-state index in [0.29, 0.717) is 31.5 Å². The van der Waals surface area contributed by atoms with E-state index in [-0.39, 0.29) is 29.7 Å². The first kappa shape index (κ1) is 38.9. The van der Waals surface area contributed by atoms with Gasteiger partial charge in [0.1, 0.15) is 30.0 Å². The fraction of sp³-hybridized carbons (Fsp3) is 0.422. The SMILES string of the molecule is Cc1c(N2CCc3cnc(Nc4ccc(N5CCC(CN6CCN(c7cc8c(cc7F)C(=O)N(C7CCC(=O)NC7=O)C8=O)CC6)CC5)cc4)cc3C2)cnc2c1NCCO2. The molecular weight excluding hydrogens is 780 g/mol. The summed E-state index contributed by atoms with van der Waals surface area (Å²) in [6, 6.07) is 12.3. The van der Waals surface area contributed by atoms with Gasteiger partial charge in [-0.3, -0.25) is 34.3 Å². The second-order valence-corrected chi connectivity index (χ2v) is 16.9. The molecule has 0 radical (unpaired) electrons. The van der Waals surface area contributed by atoms with E-state index < -0.39 is 35.5 Å². The minimum Gasteiger partial charge on any atom is -0.474 e. The zero-order valence-electron chi connectivity index (χ0n) is 34.2. The minimum atomic E-state index is -1.09. The standard InChI is InChI=1S/C45H49FN10O5/c1-27-38(24-49-43-41(27)47-11-19-61-43)55-14-10-29-23-48-39(20-30(29)26-55)50-31-2-4-32(5-3-31)53-12-8-28(9-13-53)25-52-15-17-54(18-16-52)37-22-34-33(21-35(37)46)44(59)56(45(34)60)36-6-7-40(57)51-42(36)58/h2-5,20-24,28,36,47H,6-19,25-26H2,1H3,(H,48,50)(H,51,57,58). The number of nitrogens with zero attached hydrogens (tertiary/aromatic N) is 7. The Morgan fingerprint density at radius 2 is 1.57 bits per heavy atom. The molecule has 0 aliphatic carbocycles. The Labute approximate surface area is 353 Å². The molecule has 3 saturated heterocycles. The molecule has 61 heavy (non-hydrogen) atoms. The molecule has 0 saturated carbocycles. The van der Waals surface area contributed by atoms with Gasteiger partial charge in [-0.2, -0.15) is 0 Å². The summed E-state index contributed by atoms with van der Waals surface area (Å²) in [6.45, 7) is 10.9. The molecule has 10 rings (SSSR count). The zero-order valence-corrected chi connectivity index (χ0v) is 34.2. The Morgan fingerprint density at radius 1 is 0.803 bits per heavy atom. The predicted molar refractivity (Wildman–Crippen MR) is 228 cm³/mol. The highest BCUT2D eigenvalue weighted by Gasteiger charge is 2.45. The predicted octanol–water partition coefficient (Wildman–Crippen LogP) is 4.47. The average Bonchev–Trinajstić information content (AvgIpc) is 3.51. The molecular formula is C45H49FN10O5. The van der Waals surface area contributed by atoms with Gasteiger partial charge in [0.15, 0.2) is 0 Å². The maximum absolute atomic E-state index is 15.5. The van der Waals surface area contributed by atoms with Crippen LogP contribution in [-0.2, 0) is 22.6 Å². The molecule has 316 valence electrons. The summed E-state index contributed by atoms with van der Waals surface area (Å²) in [5.41, 5.74) is 8.35. The molecule has 2 aromatic heterocycles. The molecule has 2 aromatic carbocycles. The fourth-order valence-electron chi connectivity index (χ4n) is 9.78. The summed E-state index contributed by atoms with van der Waals surface area (Å²) >= 11 is 0. The summed E-state index contributed by atoms with van der Waals surface area (Å²) in [7, 11) is 0. The molecule has 0 spiro atoms. The number of imide groups is 2. The highest BCUT2D eigenvalue weighted by molar-refractivity contribution is 6.23. The second-order valence-electron chi connectivity index (χ2n) is 16.9. The number of piperazine rings is 1. The van der Waals surface area contributed by atoms with Crippen molar-refractivity contribution in [1.29, 1.82) is 0 Å². The van der Waals surface area contributed by atoms with Gasteiger partial charge in [0, 0.05) is 95.0 Å². The lowest BCUT2D eigenvalue weighted by molar-refractivity contribution is -0.136. The van der Waals surface area contributed by atoms with Crippen LogP contribution < -0.4 is 35.4 Å². The molecule has 1 unspecified atom stereocenters. The third-order valence-electron chi connectivity index (χ3n) is 13.2. The molecule has 6 aliphatic heterocycles. The minimum absolute atomic E-state index is 0.0278. The lowest BCUT2D eigenvalue weighted by Crippen LogP contribution is -2.54. The molecule has 0 bridgehead atoms. The van der Waals surface area contributed by atoms with Gasteiger partial charge in [-0.1, -0.05) is 0 Å². The van der Waals surface area contributed by atoms with E-state index in [0.717, 1.165) is 111 Å². The van der Waals surface area contributed by atoms with Crippen molar-refractivity contribution in [3.8, 4) is 5.88 Å². The van der Waals surface area contributed by atoms with Crippen molar-refractivity contribution in [3.05, 3.63) is 88.5 Å². The van der Waals surface area contributed by atoms with Crippen LogP contribution in [0, 0.1) is 18.7 Å². The smallest absolute Gasteiger partial charge is 0.262 e. The quantitative estimate of drug-likeness (QED) is 0.214. The van der Waals surface area contributed by atoms with Crippen LogP contribution >= 0.6 is 0 Å². The first-order chi connectivity index (χ1) is 29.7. The Morgan fingerprint density at radius 3 is 2.34 bits per heavy atom. The number of aromatic nitrogens is 2. The number of pyridine rings is 2. The number of ether oxygens (including phenoxy) is 1. The van der Waals surface area contributed by atoms with Gasteiger partial charge in [0.05, 0.1) is 28.7 Å². The molecule has 3 N–H and O–H groups in total. The number of carbonyl (C=O) groups is 4. The summed E-state index contributed by atoms with van der Waals surface area (Å²) in [5, 5.41) is 9.17. The van der Waals surface area contributed by atoms with Crippen LogP contribution in [0.25, 0.3) is 0 Å². The first-order valence-corrected chi connectivity index (χ1v) is 21.4. The van der Waals surface area contributed by atoms with Gasteiger partial charge in [0.2, 0.25) is 17.7 Å². The normalized spacial score (nSPS) is 20.8. The molecule has 4 aromatic rings. The van der Waals surface area contributed by atoms with Gasteiger partial charge in [-0.25, -0.2) is 14.4 Å². The number of hydrogen-bond acceptors (Lipinski definition) is 13. The van der Waals surface area contributed by atoms with Crippen LogP contribution in [0.4, 0.5) is 38.6 Å². The second kappa shape index (κ2) is 16.0. The third kappa shape index (κ3) is 7.46. The highest BCUT2D eigenvalue weighted by Crippen LogP contribution is 2.37. The maximum Gasteiger partial charge on any atom is 0.262 e. The number of amides is 4. The van der Waals surface area contributed by atoms with Crippen molar-refractivity contribution in [1.82, 2.24) is 25.1 Å². The van der Waals surface area contributed by atoms with Crippen molar-refractivity contribution in [2.24, 2.45) is 5.92 Å². The number of fused-ring (bicyclic) bond motifs is 3. The number of halogens is 1. The Balaban J connectivity index is 0.698. The number of carbonyl (C=O) groups excluding carboxylic acids is 4. The number of nitrogens with one attached hydrogen (secondary N) is 3. The topological polar surface area (TPSA) is 156 Å². The molecule has 8 heterocycles. The van der Waals surface area contributed by atoms with E-state index in [4.69, 9.17) is 9.72 Å². The van der Waals surface area contributed by atoms with Gasteiger partial charge < -0.3 is 30.1 Å². The third-order valence-corrected chi connectivity index (χ3v) is 13.2. The molecule has 3 fully saturated rings. The monoisotopic (exact) mass is 828 g/mol. The van der Waals surface area contributed by atoms with Gasteiger partial charge in [0.25, 0.3) is 11.8 Å². The van der Waals surface area contributed by atoms with Crippen molar-refractivity contribution in [2.45, 2.75) is 51.6 Å². The average molecular weight is 829 g/mol. The number of piperidine rings is 2. The Bertz CT molecular complexity index is 2410. The van der Waals surface area contributed by atoms with Crippen LogP contribution in [0.5, 0.6) is 5.88 Å².